The van der Waals surface area contributed by atoms with Crippen molar-refractivity contribution >= 4 is 35.2 Å². The molecule has 1 amide bonds. The molecule has 2 atom stereocenters. The third kappa shape index (κ3) is 3.64. The lowest BCUT2D eigenvalue weighted by atomic mass is 9.78. The molecule has 0 radical (unpaired) electrons. The molecule has 1 aliphatic rings. The Balaban J connectivity index is 2.59. The van der Waals surface area contributed by atoms with Gasteiger partial charge in [0.25, 0.3) is 0 Å². The number of allylic oxidation sites excluding steroid dienone is 1. The number of nitrogens with zero attached hydrogens (tertiary/aromatic N) is 1. The van der Waals surface area contributed by atoms with Crippen LogP contribution in [0, 0.1) is 17.2 Å². The second-order valence-electron chi connectivity index (χ2n) is 4.97. The summed E-state index contributed by atoms with van der Waals surface area (Å²) in [6, 6.07) is 8.84. The minimum Gasteiger partial charge on any atom is -0.468 e. The summed E-state index contributed by atoms with van der Waals surface area (Å²) in [5.74, 6) is -2.50. The zero-order valence-corrected chi connectivity index (χ0v) is 14.5. The zero-order valence-electron chi connectivity index (χ0n) is 12.9. The number of nitriles is 1. The van der Waals surface area contributed by atoms with Gasteiger partial charge in [0.15, 0.2) is 0 Å². The highest BCUT2D eigenvalue weighted by Crippen LogP contribution is 2.40. The maximum absolute atomic E-state index is 12.5. The van der Waals surface area contributed by atoms with Crippen molar-refractivity contribution in [2.24, 2.45) is 5.92 Å². The minimum absolute atomic E-state index is 0.319. The summed E-state index contributed by atoms with van der Waals surface area (Å²) in [5, 5.41) is 13.2. The van der Waals surface area contributed by atoms with Gasteiger partial charge >= 0.3 is 5.97 Å². The SMILES string of the molecule is C=CCSC1=C(C#N)C(c2ccc(Cl)cc2)C(C(=O)OC)C(=O)N1. The Hall–Kier alpha value is -2.23. The number of benzene rings is 1. The highest BCUT2D eigenvalue weighted by Gasteiger charge is 2.44. The summed E-state index contributed by atoms with van der Waals surface area (Å²) in [6.45, 7) is 3.63. The lowest BCUT2D eigenvalue weighted by Gasteiger charge is -2.30. The van der Waals surface area contributed by atoms with Gasteiger partial charge in [-0.1, -0.05) is 29.8 Å². The maximum Gasteiger partial charge on any atom is 0.319 e. The molecular formula is C17H15ClN2O3S. The van der Waals surface area contributed by atoms with Crippen LogP contribution in [0.1, 0.15) is 11.5 Å². The third-order valence-electron chi connectivity index (χ3n) is 3.56. The number of nitrogens with one attached hydrogen (secondary N) is 1. The van der Waals surface area contributed by atoms with E-state index in [4.69, 9.17) is 16.3 Å². The van der Waals surface area contributed by atoms with Crippen LogP contribution in [0.4, 0.5) is 0 Å². The number of amides is 1. The van der Waals surface area contributed by atoms with Crippen molar-refractivity contribution in [3.8, 4) is 6.07 Å². The van der Waals surface area contributed by atoms with E-state index >= 15 is 0 Å². The van der Waals surface area contributed by atoms with Crippen LogP contribution in [-0.4, -0.2) is 24.7 Å². The summed E-state index contributed by atoms with van der Waals surface area (Å²) < 4.78 is 4.76. The van der Waals surface area contributed by atoms with Crippen LogP contribution in [0.2, 0.25) is 5.02 Å². The van der Waals surface area contributed by atoms with Gasteiger partial charge in [0.05, 0.1) is 23.8 Å². The molecule has 0 bridgehead atoms. The van der Waals surface area contributed by atoms with E-state index in [9.17, 15) is 14.9 Å². The first-order chi connectivity index (χ1) is 11.5. The van der Waals surface area contributed by atoms with E-state index < -0.39 is 23.7 Å². The number of thioether (sulfide) groups is 1. The fourth-order valence-corrected chi connectivity index (χ4v) is 3.40. The predicted molar refractivity (Wildman–Crippen MR) is 93.1 cm³/mol. The van der Waals surface area contributed by atoms with Crippen LogP contribution in [0.15, 0.2) is 47.5 Å². The Morgan fingerprint density at radius 2 is 2.17 bits per heavy atom. The Labute approximate surface area is 149 Å². The quantitative estimate of drug-likeness (QED) is 0.495. The minimum atomic E-state index is -1.13. The molecule has 1 aromatic carbocycles. The van der Waals surface area contributed by atoms with E-state index in [2.05, 4.69) is 18.0 Å². The molecule has 1 aromatic rings. The Bertz CT molecular complexity index is 737. The second kappa shape index (κ2) is 8.04. The topological polar surface area (TPSA) is 79.2 Å². The molecule has 1 N–H and O–H groups in total. The molecule has 124 valence electrons. The maximum atomic E-state index is 12.5. The first kappa shape index (κ1) is 18.1. The van der Waals surface area contributed by atoms with Gasteiger partial charge < -0.3 is 10.1 Å². The smallest absolute Gasteiger partial charge is 0.319 e. The summed E-state index contributed by atoms with van der Waals surface area (Å²) in [6.07, 6.45) is 1.67. The normalized spacial score (nSPS) is 20.1. The van der Waals surface area contributed by atoms with Gasteiger partial charge in [-0.3, -0.25) is 9.59 Å². The fourth-order valence-electron chi connectivity index (χ4n) is 2.49. The van der Waals surface area contributed by atoms with E-state index in [1.807, 2.05) is 0 Å². The van der Waals surface area contributed by atoms with Gasteiger partial charge in [0.1, 0.15) is 5.92 Å². The Morgan fingerprint density at radius 1 is 1.50 bits per heavy atom. The third-order valence-corrected chi connectivity index (χ3v) is 4.82. The molecule has 0 fully saturated rings. The molecular weight excluding hydrogens is 348 g/mol. The molecule has 1 heterocycles. The Kier molecular flexibility index (Phi) is 6.07. The van der Waals surface area contributed by atoms with Crippen molar-refractivity contribution in [3.63, 3.8) is 0 Å². The summed E-state index contributed by atoms with van der Waals surface area (Å²) >= 11 is 7.20. The Morgan fingerprint density at radius 3 is 2.71 bits per heavy atom. The average Bonchev–Trinajstić information content (AvgIpc) is 2.59. The van der Waals surface area contributed by atoms with Crippen LogP contribution in [-0.2, 0) is 14.3 Å². The molecule has 0 spiro atoms. The number of carbonyl (C=O) groups is 2. The molecule has 5 nitrogen and oxygen atoms in total. The van der Waals surface area contributed by atoms with Crippen molar-refractivity contribution in [1.29, 1.82) is 5.26 Å². The van der Waals surface area contributed by atoms with Crippen LogP contribution >= 0.6 is 23.4 Å². The van der Waals surface area contributed by atoms with Crippen molar-refractivity contribution in [1.82, 2.24) is 5.32 Å². The van der Waals surface area contributed by atoms with Crippen LogP contribution in [0.3, 0.4) is 0 Å². The molecule has 0 aliphatic carbocycles. The second-order valence-corrected chi connectivity index (χ2v) is 6.44. The molecule has 24 heavy (non-hydrogen) atoms. The number of ether oxygens (including phenoxy) is 1. The lowest BCUT2D eigenvalue weighted by molar-refractivity contribution is -0.150. The molecule has 1 aliphatic heterocycles. The van der Waals surface area contributed by atoms with E-state index in [1.54, 1.807) is 30.3 Å². The number of carbonyl (C=O) groups excluding carboxylic acids is 2. The van der Waals surface area contributed by atoms with Gasteiger partial charge in [-0.05, 0) is 17.7 Å². The first-order valence-electron chi connectivity index (χ1n) is 7.05. The summed E-state index contributed by atoms with van der Waals surface area (Å²) in [7, 11) is 1.21. The summed E-state index contributed by atoms with van der Waals surface area (Å²) in [4.78, 5) is 24.6. The lowest BCUT2D eigenvalue weighted by Crippen LogP contribution is -2.44. The standard InChI is InChI=1S/C17H15ClN2O3S/c1-3-8-24-16-12(9-19)13(10-4-6-11(18)7-5-10)14(15(21)20-16)17(22)23-2/h3-7,13-14H,1,8H2,2H3,(H,20,21). The number of esters is 1. The monoisotopic (exact) mass is 362 g/mol. The van der Waals surface area contributed by atoms with E-state index in [-0.39, 0.29) is 0 Å². The van der Waals surface area contributed by atoms with Crippen molar-refractivity contribution in [3.05, 3.63) is 58.1 Å². The van der Waals surface area contributed by atoms with Gasteiger partial charge in [0, 0.05) is 16.7 Å². The van der Waals surface area contributed by atoms with Crippen molar-refractivity contribution in [2.45, 2.75) is 5.92 Å². The van der Waals surface area contributed by atoms with Gasteiger partial charge in [0.2, 0.25) is 5.91 Å². The van der Waals surface area contributed by atoms with Crippen molar-refractivity contribution in [2.75, 3.05) is 12.9 Å². The molecule has 2 rings (SSSR count). The molecule has 0 saturated carbocycles. The average molecular weight is 363 g/mol. The fraction of sp³-hybridized carbons (Fsp3) is 0.235. The van der Waals surface area contributed by atoms with E-state index in [0.717, 1.165) is 0 Å². The zero-order chi connectivity index (χ0) is 17.7. The highest BCUT2D eigenvalue weighted by atomic mass is 35.5. The highest BCUT2D eigenvalue weighted by molar-refractivity contribution is 8.03. The van der Waals surface area contributed by atoms with E-state index in [1.165, 1.54) is 18.9 Å². The van der Waals surface area contributed by atoms with Crippen LogP contribution < -0.4 is 5.32 Å². The number of hydrogen-bond donors (Lipinski definition) is 1. The van der Waals surface area contributed by atoms with Gasteiger partial charge in [-0.2, -0.15) is 5.26 Å². The van der Waals surface area contributed by atoms with Crippen molar-refractivity contribution < 1.29 is 14.3 Å². The summed E-state index contributed by atoms with van der Waals surface area (Å²) in [5.41, 5.74) is 0.970. The molecule has 7 heteroatoms. The molecule has 2 unspecified atom stereocenters. The van der Waals surface area contributed by atoms with Crippen LogP contribution in [0.5, 0.6) is 0 Å². The molecule has 0 saturated heterocycles. The number of halogens is 1. The van der Waals surface area contributed by atoms with Gasteiger partial charge in [-0.15, -0.1) is 18.3 Å². The molecule has 0 aromatic heterocycles. The largest absolute Gasteiger partial charge is 0.468 e. The van der Waals surface area contributed by atoms with E-state index in [0.29, 0.717) is 26.9 Å². The number of hydrogen-bond acceptors (Lipinski definition) is 5. The number of rotatable bonds is 5. The first-order valence-corrected chi connectivity index (χ1v) is 8.42. The number of methoxy groups -OCH3 is 1. The predicted octanol–water partition coefficient (Wildman–Crippen LogP) is 3.00. The van der Waals surface area contributed by atoms with Crippen LogP contribution in [0.25, 0.3) is 0 Å². The van der Waals surface area contributed by atoms with Gasteiger partial charge in [-0.25, -0.2) is 0 Å².